The van der Waals surface area contributed by atoms with E-state index >= 15 is 0 Å². The van der Waals surface area contributed by atoms with Crippen LogP contribution < -0.4 is 21.1 Å². The molecule has 12 heteroatoms. The summed E-state index contributed by atoms with van der Waals surface area (Å²) in [6.45, 7) is 1.64. The maximum atomic E-state index is 14.5. The van der Waals surface area contributed by atoms with Crippen LogP contribution in [0.3, 0.4) is 0 Å². The van der Waals surface area contributed by atoms with Crippen molar-refractivity contribution >= 4 is 29.6 Å². The van der Waals surface area contributed by atoms with Gasteiger partial charge in [0.15, 0.2) is 0 Å². The van der Waals surface area contributed by atoms with Gasteiger partial charge in [0.2, 0.25) is 5.91 Å². The van der Waals surface area contributed by atoms with Crippen molar-refractivity contribution in [2.24, 2.45) is 11.7 Å². The van der Waals surface area contributed by atoms with Crippen molar-refractivity contribution in [3.05, 3.63) is 95.1 Å². The molecule has 6 atom stereocenters. The van der Waals surface area contributed by atoms with Gasteiger partial charge in [0, 0.05) is 11.3 Å². The largest absolute Gasteiger partial charge is 0.491 e. The number of amides is 3. The number of morpholine rings is 1. The smallest absolute Gasteiger partial charge is 0.324 e. The van der Waals surface area contributed by atoms with Gasteiger partial charge in [-0.2, -0.15) is 0 Å². The van der Waals surface area contributed by atoms with Gasteiger partial charge in [0.05, 0.1) is 25.2 Å². The molecule has 3 aromatic rings. The first kappa shape index (κ1) is 30.6. The fraction of sp³-hybridized carbons (Fsp3) is 0.294. The summed E-state index contributed by atoms with van der Waals surface area (Å²) in [5, 5.41) is 25.4. The van der Waals surface area contributed by atoms with E-state index in [0.717, 1.165) is 5.56 Å². The summed E-state index contributed by atoms with van der Waals surface area (Å²) in [4.78, 5) is 54.6. The lowest BCUT2D eigenvalue weighted by Crippen LogP contribution is -2.54. The van der Waals surface area contributed by atoms with Crippen LogP contribution in [0.25, 0.3) is 0 Å². The Morgan fingerprint density at radius 3 is 2.48 bits per heavy atom. The molecule has 6 N–H and O–H groups in total. The van der Waals surface area contributed by atoms with Gasteiger partial charge in [-0.15, -0.1) is 0 Å². The molecule has 1 spiro atoms. The Balaban J connectivity index is 1.60. The number of carbonyl (C=O) groups excluding carboxylic acids is 3. The first-order valence-corrected chi connectivity index (χ1v) is 14.8. The number of esters is 1. The van der Waals surface area contributed by atoms with Gasteiger partial charge in [-0.1, -0.05) is 54.3 Å². The predicted molar refractivity (Wildman–Crippen MR) is 164 cm³/mol. The van der Waals surface area contributed by atoms with Crippen LogP contribution >= 0.6 is 0 Å². The Hall–Kier alpha value is -5.38. The van der Waals surface area contributed by atoms with Crippen LogP contribution in [0.4, 0.5) is 10.5 Å². The Morgan fingerprint density at radius 1 is 1.07 bits per heavy atom. The number of rotatable bonds is 7. The van der Waals surface area contributed by atoms with E-state index in [9.17, 15) is 29.4 Å². The zero-order chi connectivity index (χ0) is 32.6. The lowest BCUT2D eigenvalue weighted by Gasteiger charge is -2.45. The number of nitrogens with one attached hydrogen (secondary N) is 2. The number of carboxylic acids is 1. The number of aliphatic carboxylic acids is 1. The third-order valence-electron chi connectivity index (χ3n) is 8.80. The summed E-state index contributed by atoms with van der Waals surface area (Å²) >= 11 is 0. The van der Waals surface area contributed by atoms with Gasteiger partial charge >= 0.3 is 18.0 Å². The van der Waals surface area contributed by atoms with E-state index in [4.69, 9.17) is 15.2 Å². The first-order valence-electron chi connectivity index (χ1n) is 14.8. The van der Waals surface area contributed by atoms with E-state index in [1.54, 1.807) is 49.4 Å². The zero-order valence-corrected chi connectivity index (χ0v) is 24.8. The molecule has 3 heterocycles. The van der Waals surface area contributed by atoms with Crippen LogP contribution in [-0.4, -0.2) is 70.9 Å². The summed E-state index contributed by atoms with van der Waals surface area (Å²) in [5.74, 6) is 2.05. The summed E-state index contributed by atoms with van der Waals surface area (Å²) in [5.41, 5.74) is 5.98. The van der Waals surface area contributed by atoms with Crippen molar-refractivity contribution < 1.29 is 38.9 Å². The van der Waals surface area contributed by atoms with Crippen molar-refractivity contribution in [2.75, 3.05) is 25.1 Å². The predicted octanol–water partition coefficient (Wildman–Crippen LogP) is 2.08. The van der Waals surface area contributed by atoms with E-state index in [2.05, 4.69) is 22.5 Å². The van der Waals surface area contributed by atoms with E-state index in [1.807, 2.05) is 35.2 Å². The molecule has 0 radical (unpaired) electrons. The van der Waals surface area contributed by atoms with Crippen LogP contribution in [0.15, 0.2) is 72.8 Å². The minimum atomic E-state index is -1.79. The van der Waals surface area contributed by atoms with E-state index in [0.29, 0.717) is 28.1 Å². The fourth-order valence-electron chi connectivity index (χ4n) is 7.19. The molecule has 0 bridgehead atoms. The van der Waals surface area contributed by atoms with Gasteiger partial charge in [-0.3, -0.25) is 19.3 Å². The average molecular weight is 625 g/mol. The number of nitrogens with two attached hydrogens (primary N) is 1. The zero-order valence-electron chi connectivity index (χ0n) is 24.8. The molecular formula is C34H32N4O8. The lowest BCUT2D eigenvalue weighted by atomic mass is 9.65. The van der Waals surface area contributed by atoms with Crippen LogP contribution in [0.2, 0.25) is 0 Å². The second-order valence-electron chi connectivity index (χ2n) is 11.4. The summed E-state index contributed by atoms with van der Waals surface area (Å²) in [6, 6.07) is 17.6. The van der Waals surface area contributed by atoms with Crippen molar-refractivity contribution in [2.45, 2.75) is 36.6 Å². The molecule has 2 saturated heterocycles. The number of carbonyl (C=O) groups is 4. The van der Waals surface area contributed by atoms with Gasteiger partial charge in [0.1, 0.15) is 35.8 Å². The molecule has 3 aliphatic rings. The molecule has 12 nitrogen and oxygen atoms in total. The second kappa shape index (κ2) is 12.2. The number of hydrogen-bond donors (Lipinski definition) is 5. The third kappa shape index (κ3) is 4.99. The van der Waals surface area contributed by atoms with Crippen LogP contribution in [-0.2, 0) is 24.5 Å². The summed E-state index contributed by atoms with van der Waals surface area (Å²) < 4.78 is 11.4. The van der Waals surface area contributed by atoms with E-state index in [-0.39, 0.29) is 19.8 Å². The normalized spacial score (nSPS) is 26.3. The van der Waals surface area contributed by atoms with Gasteiger partial charge in [-0.25, -0.2) is 4.79 Å². The number of benzene rings is 3. The summed E-state index contributed by atoms with van der Waals surface area (Å²) in [6.07, 6.45) is -0.677. The molecule has 0 aliphatic carbocycles. The highest BCUT2D eigenvalue weighted by Gasteiger charge is 2.74. The van der Waals surface area contributed by atoms with Crippen molar-refractivity contribution in [1.82, 2.24) is 10.2 Å². The second-order valence-corrected chi connectivity index (χ2v) is 11.4. The Bertz CT molecular complexity index is 1750. The van der Waals surface area contributed by atoms with Crippen LogP contribution in [0.5, 0.6) is 5.75 Å². The number of cyclic esters (lactones) is 1. The number of aliphatic hydroxyl groups is 1. The Morgan fingerprint density at radius 2 is 1.80 bits per heavy atom. The molecule has 2 fully saturated rings. The standard InChI is InChI=1S/C34H32N4O8/c1-19-27(21-7-3-2-4-8-21)38-28(31(42)46-19)26(30(40)41)34(29(38)22-10-12-23(13-11-22)45-17-16-39)24-18-20(6-5-15-36-33(35)44)9-14-25(24)37-32(34)43/h2-4,7-14,18-19,26-29,39H,15-17H2,1H3,(H,37,43)(H,40,41)(H3,35,36,44)/t19-,26+,27-,28+,29-,34+/m0/s1. The highest BCUT2D eigenvalue weighted by atomic mass is 16.6. The number of hydrogen-bond acceptors (Lipinski definition) is 8. The number of fused-ring (bicyclic) bond motifs is 3. The van der Waals surface area contributed by atoms with Crippen LogP contribution in [0.1, 0.15) is 41.3 Å². The van der Waals surface area contributed by atoms with Crippen LogP contribution in [0, 0.1) is 17.8 Å². The molecule has 0 saturated carbocycles. The van der Waals surface area contributed by atoms with Crippen molar-refractivity contribution in [3.63, 3.8) is 0 Å². The highest BCUT2D eigenvalue weighted by molar-refractivity contribution is 6.11. The minimum Gasteiger partial charge on any atom is -0.491 e. The average Bonchev–Trinajstić information content (AvgIpc) is 3.51. The quantitative estimate of drug-likeness (QED) is 0.194. The Labute approximate surface area is 264 Å². The first-order chi connectivity index (χ1) is 22.2. The molecular weight excluding hydrogens is 592 g/mol. The fourth-order valence-corrected chi connectivity index (χ4v) is 7.19. The SMILES string of the molecule is C[C@@H]1OC(=O)[C@H]2[C@H](C(=O)O)[C@@]3(C(=O)Nc4ccc(C#CCNC(N)=O)cc43)[C@H](c3ccc(OCCO)cc3)N2[C@@H]1c1ccccc1. The molecule has 236 valence electrons. The number of urea groups is 1. The van der Waals surface area contributed by atoms with Gasteiger partial charge < -0.3 is 36.1 Å². The molecule has 46 heavy (non-hydrogen) atoms. The number of primary amides is 1. The number of aliphatic hydroxyl groups excluding tert-OH is 1. The maximum Gasteiger partial charge on any atom is 0.324 e. The molecule has 3 aromatic carbocycles. The van der Waals surface area contributed by atoms with Gasteiger partial charge in [-0.05, 0) is 53.9 Å². The van der Waals surface area contributed by atoms with Crippen molar-refractivity contribution in [1.29, 1.82) is 0 Å². The maximum absolute atomic E-state index is 14.5. The molecule has 6 rings (SSSR count). The third-order valence-corrected chi connectivity index (χ3v) is 8.80. The molecule has 0 unspecified atom stereocenters. The number of nitrogens with zero attached hydrogens (tertiary/aromatic N) is 1. The topological polar surface area (TPSA) is 181 Å². The van der Waals surface area contributed by atoms with E-state index in [1.165, 1.54) is 0 Å². The lowest BCUT2D eigenvalue weighted by molar-refractivity contribution is -0.177. The molecule has 3 amide bonds. The van der Waals surface area contributed by atoms with E-state index < -0.39 is 59.4 Å². The monoisotopic (exact) mass is 624 g/mol. The number of ether oxygens (including phenoxy) is 2. The highest BCUT2D eigenvalue weighted by Crippen LogP contribution is 2.63. The number of anilines is 1. The van der Waals surface area contributed by atoms with Crippen molar-refractivity contribution in [3.8, 4) is 17.6 Å². The molecule has 0 aromatic heterocycles. The van der Waals surface area contributed by atoms with Gasteiger partial charge in [0.25, 0.3) is 0 Å². The Kier molecular flexibility index (Phi) is 8.12. The number of carboxylic acid groups (broad SMARTS) is 1. The minimum absolute atomic E-state index is 0.0157. The summed E-state index contributed by atoms with van der Waals surface area (Å²) in [7, 11) is 0. The molecule has 3 aliphatic heterocycles.